The molecule has 13 heteroatoms. The molecule has 2 N–H and O–H groups in total. The monoisotopic (exact) mass is 614 g/mol. The number of hydrogen-bond donors (Lipinski definition) is 2. The first-order valence-electron chi connectivity index (χ1n) is 12.9. The van der Waals surface area contributed by atoms with Gasteiger partial charge in [-0.15, -0.1) is 0 Å². The van der Waals surface area contributed by atoms with E-state index < -0.39 is 31.4 Å². The van der Waals surface area contributed by atoms with E-state index in [4.69, 9.17) is 4.74 Å². The van der Waals surface area contributed by atoms with Crippen molar-refractivity contribution in [2.24, 2.45) is 0 Å². The van der Waals surface area contributed by atoms with Crippen LogP contribution in [0.15, 0.2) is 77.9 Å². The zero-order valence-electron chi connectivity index (χ0n) is 22.4. The number of carbonyl (C=O) groups is 1. The van der Waals surface area contributed by atoms with Gasteiger partial charge in [0.25, 0.3) is 10.1 Å². The minimum absolute atomic E-state index is 0. The molecule has 1 aliphatic rings. The van der Waals surface area contributed by atoms with Crippen LogP contribution in [0.2, 0.25) is 0 Å². The van der Waals surface area contributed by atoms with Crippen LogP contribution in [0.1, 0.15) is 45.1 Å². The van der Waals surface area contributed by atoms with E-state index in [2.05, 4.69) is 5.32 Å². The van der Waals surface area contributed by atoms with E-state index in [0.717, 1.165) is 11.4 Å². The number of rotatable bonds is 14. The van der Waals surface area contributed by atoms with Crippen LogP contribution >= 0.6 is 0 Å². The molecule has 0 radical (unpaired) electrons. The van der Waals surface area contributed by atoms with Crippen LogP contribution in [0.25, 0.3) is 0 Å². The quantitative estimate of drug-likeness (QED) is 0.107. The Balaban J connectivity index is 0.00000588. The molecule has 0 amide bonds. The first-order chi connectivity index (χ1) is 18.8. The summed E-state index contributed by atoms with van der Waals surface area (Å²) in [7, 11) is -8.93. The Kier molecular flexibility index (Phi) is 13.0. The number of fused-ring (bicyclic) bond motifs is 1. The zero-order chi connectivity index (χ0) is 29.4. The van der Waals surface area contributed by atoms with Gasteiger partial charge in [-0.25, -0.2) is 8.42 Å². The van der Waals surface area contributed by atoms with E-state index in [1.807, 2.05) is 47.9 Å². The van der Waals surface area contributed by atoms with Gasteiger partial charge in [0.05, 0.1) is 22.7 Å². The van der Waals surface area contributed by atoms with Gasteiger partial charge in [-0.3, -0.25) is 9.35 Å². The SMILES string of the molecule is CCOC(=O)CCCC1(C)C(C=CC=CNc2ccccc2)=[N+](CCCS(=O)(=O)O)c2ccc(S(=O)(=O)[O-])cc21.[NaH]. The normalized spacial score (nSPS) is 17.1. The molecule has 0 bridgehead atoms. The predicted octanol–water partition coefficient (Wildman–Crippen LogP) is 3.49. The van der Waals surface area contributed by atoms with Crippen LogP contribution in [-0.4, -0.2) is 90.7 Å². The predicted molar refractivity (Wildman–Crippen MR) is 159 cm³/mol. The van der Waals surface area contributed by atoms with Crippen molar-refractivity contribution in [3.8, 4) is 0 Å². The summed E-state index contributed by atoms with van der Waals surface area (Å²) in [6.07, 6.45) is 8.25. The summed E-state index contributed by atoms with van der Waals surface area (Å²) in [6.45, 7) is 4.08. The van der Waals surface area contributed by atoms with Gasteiger partial charge in [-0.05, 0) is 57.0 Å². The average Bonchev–Trinajstić information content (AvgIpc) is 3.10. The van der Waals surface area contributed by atoms with Crippen LogP contribution in [0, 0.1) is 0 Å². The van der Waals surface area contributed by atoms with E-state index in [1.165, 1.54) is 18.2 Å². The van der Waals surface area contributed by atoms with Crippen molar-refractivity contribution in [3.05, 3.63) is 78.5 Å². The Labute approximate surface area is 264 Å². The maximum absolute atomic E-state index is 12.0. The number of ether oxygens (including phenoxy) is 1. The average molecular weight is 615 g/mol. The van der Waals surface area contributed by atoms with Crippen molar-refractivity contribution in [1.82, 2.24) is 0 Å². The standard InChI is InChI=1S/C28H34N2O8S2.Na.H/c1-3-38-27(31)14-9-17-28(2)24-21-23(40(35,36)37)15-16-25(24)30(19-10-20-39(32,33)34)26(28)13-7-8-18-29-22-11-5-4-6-12-22;;/h4-8,11-13,15-16,18,21H,3,9-10,14,17,19-20H2,1-2H3,(H2,32,33,34,35,36,37);;. The Hall–Kier alpha value is -2.32. The molecule has 218 valence electrons. The van der Waals surface area contributed by atoms with Gasteiger partial charge in [-0.1, -0.05) is 24.3 Å². The number of esters is 1. The summed E-state index contributed by atoms with van der Waals surface area (Å²) < 4.78 is 74.5. The summed E-state index contributed by atoms with van der Waals surface area (Å²) in [5.74, 6) is -0.805. The summed E-state index contributed by atoms with van der Waals surface area (Å²) >= 11 is 0. The molecule has 2 aromatic carbocycles. The van der Waals surface area contributed by atoms with Crippen molar-refractivity contribution in [2.75, 3.05) is 24.2 Å². The summed E-state index contributed by atoms with van der Waals surface area (Å²) in [5.41, 5.74) is 2.00. The second-order valence-corrected chi connectivity index (χ2v) is 12.5. The fourth-order valence-electron chi connectivity index (χ4n) is 4.80. The van der Waals surface area contributed by atoms with E-state index in [-0.39, 0.29) is 66.4 Å². The molecule has 2 aromatic rings. The van der Waals surface area contributed by atoms with Crippen LogP contribution in [0.5, 0.6) is 0 Å². The van der Waals surface area contributed by atoms with Crippen LogP contribution in [-0.2, 0) is 35.2 Å². The zero-order valence-corrected chi connectivity index (χ0v) is 24.1. The molecule has 41 heavy (non-hydrogen) atoms. The molecular weight excluding hydrogens is 579 g/mol. The Morgan fingerprint density at radius 1 is 1.10 bits per heavy atom. The van der Waals surface area contributed by atoms with Gasteiger partial charge in [0.1, 0.15) is 16.7 Å². The molecule has 0 saturated carbocycles. The van der Waals surface area contributed by atoms with Gasteiger partial charge >= 0.3 is 35.5 Å². The Morgan fingerprint density at radius 2 is 1.80 bits per heavy atom. The number of anilines is 1. The maximum atomic E-state index is 12.0. The van der Waals surface area contributed by atoms with Gasteiger partial charge in [0.15, 0.2) is 5.71 Å². The van der Waals surface area contributed by atoms with Gasteiger partial charge in [-0.2, -0.15) is 13.0 Å². The summed E-state index contributed by atoms with van der Waals surface area (Å²) in [6, 6.07) is 13.7. The topological polar surface area (TPSA) is 153 Å². The molecule has 10 nitrogen and oxygen atoms in total. The van der Waals surface area contributed by atoms with Gasteiger partial charge < -0.3 is 14.6 Å². The number of para-hydroxylation sites is 1. The van der Waals surface area contributed by atoms with Gasteiger partial charge in [0.2, 0.25) is 5.69 Å². The molecule has 1 unspecified atom stereocenters. The second kappa shape index (κ2) is 15.2. The minimum atomic E-state index is -4.74. The Bertz CT molecular complexity index is 1520. The number of hydrogen-bond acceptors (Lipinski definition) is 8. The third-order valence-corrected chi connectivity index (χ3v) is 8.27. The van der Waals surface area contributed by atoms with E-state index >= 15 is 0 Å². The molecule has 1 heterocycles. The summed E-state index contributed by atoms with van der Waals surface area (Å²) in [4.78, 5) is 11.6. The fraction of sp³-hybridized carbons (Fsp3) is 0.357. The second-order valence-electron chi connectivity index (χ2n) is 9.53. The Morgan fingerprint density at radius 3 is 2.44 bits per heavy atom. The van der Waals surface area contributed by atoms with Crippen molar-refractivity contribution >= 4 is 72.8 Å². The number of carbonyl (C=O) groups excluding carboxylic acids is 1. The fourth-order valence-corrected chi connectivity index (χ4v) is 5.79. The number of benzene rings is 2. The number of nitrogens with one attached hydrogen (secondary N) is 1. The van der Waals surface area contributed by atoms with Crippen LogP contribution < -0.4 is 5.32 Å². The third kappa shape index (κ3) is 9.88. The van der Waals surface area contributed by atoms with Crippen molar-refractivity contribution in [3.63, 3.8) is 0 Å². The van der Waals surface area contributed by atoms with Crippen molar-refractivity contribution < 1.29 is 40.0 Å². The first-order valence-corrected chi connectivity index (χ1v) is 15.9. The first kappa shape index (κ1) is 34.9. The molecule has 0 spiro atoms. The molecule has 0 aliphatic carbocycles. The molecule has 0 fully saturated rings. The van der Waals surface area contributed by atoms with E-state index in [9.17, 15) is 30.7 Å². The number of nitrogens with zero attached hydrogens (tertiary/aromatic N) is 1. The third-order valence-electron chi connectivity index (χ3n) is 6.63. The number of allylic oxidation sites excluding steroid dienone is 3. The van der Waals surface area contributed by atoms with Crippen molar-refractivity contribution in [2.45, 2.75) is 49.8 Å². The van der Waals surface area contributed by atoms with E-state index in [1.54, 1.807) is 25.3 Å². The van der Waals surface area contributed by atoms with Crippen LogP contribution in [0.4, 0.5) is 11.4 Å². The molecule has 3 rings (SSSR count). The molecule has 1 atom stereocenters. The van der Waals surface area contributed by atoms with Crippen molar-refractivity contribution in [1.29, 1.82) is 0 Å². The van der Waals surface area contributed by atoms with Gasteiger partial charge in [0, 0.05) is 42.4 Å². The van der Waals surface area contributed by atoms with Crippen LogP contribution in [0.3, 0.4) is 0 Å². The molecule has 0 saturated heterocycles. The molecular formula is C28H35N2NaO8S2. The molecule has 0 aromatic heterocycles. The molecule has 1 aliphatic heterocycles. The summed E-state index contributed by atoms with van der Waals surface area (Å²) in [5, 5.41) is 3.15. The van der Waals surface area contributed by atoms with E-state index in [0.29, 0.717) is 24.1 Å².